The van der Waals surface area contributed by atoms with Crippen molar-refractivity contribution in [2.45, 2.75) is 39.5 Å². The number of rotatable bonds is 5. The summed E-state index contributed by atoms with van der Waals surface area (Å²) >= 11 is 0. The van der Waals surface area contributed by atoms with Gasteiger partial charge in [-0.3, -0.25) is 4.79 Å². The zero-order valence-corrected chi connectivity index (χ0v) is 12.5. The van der Waals surface area contributed by atoms with E-state index in [1.54, 1.807) is 19.1 Å². The van der Waals surface area contributed by atoms with Gasteiger partial charge in [0.15, 0.2) is 5.78 Å². The summed E-state index contributed by atoms with van der Waals surface area (Å²) in [5.41, 5.74) is 1.08. The number of benzene rings is 1. The van der Waals surface area contributed by atoms with Crippen LogP contribution >= 0.6 is 0 Å². The van der Waals surface area contributed by atoms with E-state index in [-0.39, 0.29) is 11.6 Å². The maximum atomic E-state index is 13.5. The lowest BCUT2D eigenvalue weighted by atomic mass is 9.95. The van der Waals surface area contributed by atoms with Crippen molar-refractivity contribution < 1.29 is 9.18 Å². The highest BCUT2D eigenvalue weighted by Crippen LogP contribution is 2.19. The maximum Gasteiger partial charge on any atom is 0.164 e. The lowest BCUT2D eigenvalue weighted by molar-refractivity contribution is 0.0945. The van der Waals surface area contributed by atoms with Gasteiger partial charge in [0.2, 0.25) is 0 Å². The molecule has 0 aliphatic carbocycles. The van der Waals surface area contributed by atoms with Crippen LogP contribution in [0.1, 0.15) is 48.5 Å². The van der Waals surface area contributed by atoms with Crippen LogP contribution in [-0.2, 0) is 0 Å². The Bertz CT molecular complexity index is 472. The molecule has 1 unspecified atom stereocenters. The quantitative estimate of drug-likeness (QED) is 0.762. The fraction of sp³-hybridized carbons (Fsp3) is 0.588. The first kappa shape index (κ1) is 15.2. The molecule has 0 radical (unpaired) electrons. The van der Waals surface area contributed by atoms with Crippen molar-refractivity contribution in [2.24, 2.45) is 5.92 Å². The number of carbonyl (C=O) groups is 1. The third kappa shape index (κ3) is 3.89. The van der Waals surface area contributed by atoms with Crippen LogP contribution in [0.4, 0.5) is 4.39 Å². The summed E-state index contributed by atoms with van der Waals surface area (Å²) in [5, 5.41) is 0. The third-order valence-electron chi connectivity index (χ3n) is 4.33. The molecule has 110 valence electrons. The van der Waals surface area contributed by atoms with Gasteiger partial charge >= 0.3 is 0 Å². The molecule has 0 amide bonds. The van der Waals surface area contributed by atoms with E-state index >= 15 is 0 Å². The van der Waals surface area contributed by atoms with Crippen molar-refractivity contribution in [1.29, 1.82) is 0 Å². The number of likely N-dealkylation sites (tertiary alicyclic amines) is 1. The highest BCUT2D eigenvalue weighted by Gasteiger charge is 2.19. The smallest absolute Gasteiger partial charge is 0.164 e. The van der Waals surface area contributed by atoms with Crippen LogP contribution in [0.15, 0.2) is 18.2 Å². The Morgan fingerprint density at radius 2 is 2.25 bits per heavy atom. The van der Waals surface area contributed by atoms with E-state index in [1.807, 2.05) is 0 Å². The third-order valence-corrected chi connectivity index (χ3v) is 4.33. The second kappa shape index (κ2) is 6.98. The van der Waals surface area contributed by atoms with Crippen LogP contribution < -0.4 is 0 Å². The molecule has 0 aromatic heterocycles. The normalized spacial score (nSPS) is 20.1. The van der Waals surface area contributed by atoms with Gasteiger partial charge < -0.3 is 4.90 Å². The summed E-state index contributed by atoms with van der Waals surface area (Å²) < 4.78 is 13.5. The number of aryl methyl sites for hydroxylation is 1. The average Bonchev–Trinajstić information content (AvgIpc) is 2.47. The number of ketones is 1. The maximum absolute atomic E-state index is 13.5. The Morgan fingerprint density at radius 1 is 1.45 bits per heavy atom. The molecule has 1 aliphatic heterocycles. The van der Waals surface area contributed by atoms with Crippen LogP contribution in [0.5, 0.6) is 0 Å². The largest absolute Gasteiger partial charge is 0.303 e. The molecule has 0 bridgehead atoms. The average molecular weight is 277 g/mol. The highest BCUT2D eigenvalue weighted by molar-refractivity contribution is 5.96. The number of halogens is 1. The van der Waals surface area contributed by atoms with Crippen LogP contribution in [-0.4, -0.2) is 30.3 Å². The van der Waals surface area contributed by atoms with E-state index in [0.717, 1.165) is 25.6 Å². The molecular formula is C17H24FNO. The number of carbonyl (C=O) groups excluding carboxylic acids is 1. The van der Waals surface area contributed by atoms with Gasteiger partial charge in [-0.25, -0.2) is 4.39 Å². The second-order valence-corrected chi connectivity index (χ2v) is 5.85. The van der Waals surface area contributed by atoms with Gasteiger partial charge in [-0.1, -0.05) is 25.5 Å². The zero-order chi connectivity index (χ0) is 14.5. The van der Waals surface area contributed by atoms with E-state index in [0.29, 0.717) is 17.5 Å². The molecule has 0 spiro atoms. The molecule has 3 heteroatoms. The number of hydrogen-bond acceptors (Lipinski definition) is 2. The minimum Gasteiger partial charge on any atom is -0.303 e. The lowest BCUT2D eigenvalue weighted by Gasteiger charge is -2.32. The lowest BCUT2D eigenvalue weighted by Crippen LogP contribution is -2.36. The molecule has 1 atom stereocenters. The molecule has 0 saturated carbocycles. The molecule has 1 aliphatic rings. The second-order valence-electron chi connectivity index (χ2n) is 5.85. The van der Waals surface area contributed by atoms with E-state index in [1.165, 1.54) is 25.3 Å². The van der Waals surface area contributed by atoms with Crippen LogP contribution in [0.3, 0.4) is 0 Å². The zero-order valence-electron chi connectivity index (χ0n) is 12.5. The van der Waals surface area contributed by atoms with Gasteiger partial charge in [-0.2, -0.15) is 0 Å². The first-order chi connectivity index (χ1) is 9.60. The van der Waals surface area contributed by atoms with Gasteiger partial charge in [-0.05, 0) is 43.9 Å². The molecule has 0 N–H and O–H groups in total. The summed E-state index contributed by atoms with van der Waals surface area (Å²) in [6, 6.07) is 4.77. The molecule has 2 rings (SSSR count). The Morgan fingerprint density at radius 3 is 2.95 bits per heavy atom. The van der Waals surface area contributed by atoms with E-state index in [2.05, 4.69) is 11.8 Å². The minimum atomic E-state index is -0.292. The molecule has 20 heavy (non-hydrogen) atoms. The van der Waals surface area contributed by atoms with Crippen molar-refractivity contribution in [3.63, 3.8) is 0 Å². The molecule has 1 saturated heterocycles. The Labute approximate surface area is 121 Å². The molecule has 1 aromatic carbocycles. The van der Waals surface area contributed by atoms with Crippen molar-refractivity contribution in [2.75, 3.05) is 19.6 Å². The van der Waals surface area contributed by atoms with Crippen molar-refractivity contribution in [3.05, 3.63) is 35.1 Å². The number of nitrogens with zero attached hydrogens (tertiary/aromatic N) is 1. The summed E-state index contributed by atoms with van der Waals surface area (Å²) in [7, 11) is 0. The van der Waals surface area contributed by atoms with Crippen LogP contribution in [0, 0.1) is 18.7 Å². The number of piperidine rings is 1. The highest BCUT2D eigenvalue weighted by atomic mass is 19.1. The Balaban J connectivity index is 1.87. The van der Waals surface area contributed by atoms with E-state index < -0.39 is 0 Å². The SMILES string of the molecule is CCC1CCCN(CCC(=O)c2ccc(C)c(F)c2)C1. The summed E-state index contributed by atoms with van der Waals surface area (Å²) in [6.07, 6.45) is 4.24. The molecule has 1 aromatic rings. The van der Waals surface area contributed by atoms with Gasteiger partial charge in [-0.15, -0.1) is 0 Å². The molecule has 1 fully saturated rings. The summed E-state index contributed by atoms with van der Waals surface area (Å²) in [5.74, 6) is 0.526. The van der Waals surface area contributed by atoms with E-state index in [9.17, 15) is 9.18 Å². The summed E-state index contributed by atoms with van der Waals surface area (Å²) in [4.78, 5) is 14.5. The van der Waals surface area contributed by atoms with Crippen molar-refractivity contribution >= 4 is 5.78 Å². The molecule has 2 nitrogen and oxygen atoms in total. The van der Waals surface area contributed by atoms with Crippen molar-refractivity contribution in [3.8, 4) is 0 Å². The Hall–Kier alpha value is -1.22. The monoisotopic (exact) mass is 277 g/mol. The number of hydrogen-bond donors (Lipinski definition) is 0. The van der Waals surface area contributed by atoms with Gasteiger partial charge in [0.1, 0.15) is 5.82 Å². The first-order valence-corrected chi connectivity index (χ1v) is 7.62. The molecular weight excluding hydrogens is 253 g/mol. The van der Waals surface area contributed by atoms with Crippen LogP contribution in [0.25, 0.3) is 0 Å². The standard InChI is InChI=1S/C17H24FNO/c1-3-14-5-4-9-19(12-14)10-8-17(20)15-7-6-13(2)16(18)11-15/h6-7,11,14H,3-5,8-10,12H2,1-2H3. The predicted molar refractivity (Wildman–Crippen MR) is 79.5 cm³/mol. The van der Waals surface area contributed by atoms with Crippen molar-refractivity contribution in [1.82, 2.24) is 4.90 Å². The predicted octanol–water partition coefficient (Wildman–Crippen LogP) is 3.83. The molecule has 1 heterocycles. The van der Waals surface area contributed by atoms with E-state index in [4.69, 9.17) is 0 Å². The van der Waals surface area contributed by atoms with Gasteiger partial charge in [0.05, 0.1) is 0 Å². The number of Topliss-reactive ketones (excluding diaryl/α,β-unsaturated/α-hetero) is 1. The fourth-order valence-corrected chi connectivity index (χ4v) is 2.86. The van der Waals surface area contributed by atoms with Gasteiger partial charge in [0.25, 0.3) is 0 Å². The summed E-state index contributed by atoms with van der Waals surface area (Å²) in [6.45, 7) is 6.93. The first-order valence-electron chi connectivity index (χ1n) is 7.62. The minimum absolute atomic E-state index is 0.0440. The fourth-order valence-electron chi connectivity index (χ4n) is 2.86. The topological polar surface area (TPSA) is 20.3 Å². The van der Waals surface area contributed by atoms with Gasteiger partial charge in [0, 0.05) is 25.1 Å². The van der Waals surface area contributed by atoms with Crippen LogP contribution in [0.2, 0.25) is 0 Å². The Kier molecular flexibility index (Phi) is 5.30.